The first kappa shape index (κ1) is 20.3. The first-order valence-corrected chi connectivity index (χ1v) is 9.70. The monoisotopic (exact) mass is 417 g/mol. The summed E-state index contributed by atoms with van der Waals surface area (Å²) in [7, 11) is 0. The molecular weight excluding hydrogens is 397 g/mol. The van der Waals surface area contributed by atoms with E-state index in [1.54, 1.807) is 37.3 Å². The molecule has 0 fully saturated rings. The van der Waals surface area contributed by atoms with E-state index >= 15 is 0 Å². The Morgan fingerprint density at radius 2 is 1.81 bits per heavy atom. The summed E-state index contributed by atoms with van der Waals surface area (Å²) in [6.45, 7) is 3.04. The normalized spacial score (nSPS) is 10.8. The zero-order valence-corrected chi connectivity index (χ0v) is 17.1. The molecule has 1 amide bonds. The number of hydrogen-bond acceptors (Lipinski definition) is 4. The second-order valence-electron chi connectivity index (χ2n) is 7.12. The zero-order valence-electron chi connectivity index (χ0n) is 17.1. The van der Waals surface area contributed by atoms with E-state index in [0.717, 1.165) is 17.0 Å². The van der Waals surface area contributed by atoms with Gasteiger partial charge in [0.2, 0.25) is 0 Å². The van der Waals surface area contributed by atoms with E-state index in [2.05, 4.69) is 10.3 Å². The maximum atomic E-state index is 13.6. The minimum absolute atomic E-state index is 0.291. The van der Waals surface area contributed by atoms with Crippen LogP contribution in [0.5, 0.6) is 0 Å². The zero-order chi connectivity index (χ0) is 22.0. The highest BCUT2D eigenvalue weighted by atomic mass is 19.1. The van der Waals surface area contributed by atoms with Crippen molar-refractivity contribution in [3.63, 3.8) is 0 Å². The number of ether oxygens (including phenoxy) is 1. The van der Waals surface area contributed by atoms with Gasteiger partial charge in [0.1, 0.15) is 11.6 Å². The van der Waals surface area contributed by atoms with Crippen LogP contribution in [0.15, 0.2) is 66.7 Å². The lowest BCUT2D eigenvalue weighted by atomic mass is 10.2. The van der Waals surface area contributed by atoms with E-state index in [-0.39, 0.29) is 0 Å². The Morgan fingerprint density at radius 3 is 2.55 bits per heavy atom. The standard InChI is InChI=1S/C24H20FN3O3/c1-15-8-10-18(13-20(15)25)27-23(29)14-31-24(30)17-9-11-22-21(12-17)26-16(2)28(22)19-6-4-3-5-7-19/h3-13H,14H2,1-2H3,(H,27,29). The Morgan fingerprint density at radius 1 is 1.03 bits per heavy atom. The van der Waals surface area contributed by atoms with Crippen molar-refractivity contribution in [2.24, 2.45) is 0 Å². The fourth-order valence-electron chi connectivity index (χ4n) is 3.31. The summed E-state index contributed by atoms with van der Waals surface area (Å²) in [5, 5.41) is 2.50. The molecule has 156 valence electrons. The average molecular weight is 417 g/mol. The predicted octanol–water partition coefficient (Wildman–Crippen LogP) is 4.58. The van der Waals surface area contributed by atoms with Crippen molar-refractivity contribution in [2.75, 3.05) is 11.9 Å². The second-order valence-corrected chi connectivity index (χ2v) is 7.12. The smallest absolute Gasteiger partial charge is 0.338 e. The van der Waals surface area contributed by atoms with Crippen LogP contribution in [0.25, 0.3) is 16.7 Å². The molecule has 0 saturated carbocycles. The van der Waals surface area contributed by atoms with Gasteiger partial charge in [0.05, 0.1) is 16.6 Å². The average Bonchev–Trinajstić information content (AvgIpc) is 3.10. The largest absolute Gasteiger partial charge is 0.452 e. The molecule has 6 nitrogen and oxygen atoms in total. The van der Waals surface area contributed by atoms with Gasteiger partial charge in [0.25, 0.3) is 5.91 Å². The van der Waals surface area contributed by atoms with Crippen LogP contribution in [0.1, 0.15) is 21.7 Å². The molecule has 0 unspecified atom stereocenters. The van der Waals surface area contributed by atoms with Gasteiger partial charge in [-0.2, -0.15) is 0 Å². The number of rotatable bonds is 5. The quantitative estimate of drug-likeness (QED) is 0.483. The van der Waals surface area contributed by atoms with Crippen LogP contribution < -0.4 is 5.32 Å². The number of esters is 1. The van der Waals surface area contributed by atoms with Gasteiger partial charge >= 0.3 is 5.97 Å². The van der Waals surface area contributed by atoms with E-state index in [4.69, 9.17) is 4.74 Å². The summed E-state index contributed by atoms with van der Waals surface area (Å²) < 4.78 is 20.7. The number of benzene rings is 3. The van der Waals surface area contributed by atoms with Crippen molar-refractivity contribution >= 4 is 28.6 Å². The van der Waals surface area contributed by atoms with Crippen molar-refractivity contribution in [1.82, 2.24) is 9.55 Å². The molecule has 7 heteroatoms. The molecule has 0 atom stereocenters. The van der Waals surface area contributed by atoms with Crippen molar-refractivity contribution in [2.45, 2.75) is 13.8 Å². The maximum absolute atomic E-state index is 13.6. The summed E-state index contributed by atoms with van der Waals surface area (Å²) in [6, 6.07) is 19.2. The number of carbonyl (C=O) groups excluding carboxylic acids is 2. The van der Waals surface area contributed by atoms with Gasteiger partial charge in [-0.3, -0.25) is 9.36 Å². The van der Waals surface area contributed by atoms with E-state index in [0.29, 0.717) is 22.3 Å². The topological polar surface area (TPSA) is 73.2 Å². The number of para-hydroxylation sites is 1. The highest BCUT2D eigenvalue weighted by Crippen LogP contribution is 2.22. The summed E-state index contributed by atoms with van der Waals surface area (Å²) in [5.41, 5.74) is 3.55. The summed E-state index contributed by atoms with van der Waals surface area (Å²) in [4.78, 5) is 29.0. The molecule has 1 heterocycles. The highest BCUT2D eigenvalue weighted by Gasteiger charge is 2.15. The molecule has 0 spiro atoms. The number of nitrogens with zero attached hydrogens (tertiary/aromatic N) is 2. The van der Waals surface area contributed by atoms with Crippen LogP contribution in [-0.2, 0) is 9.53 Å². The number of hydrogen-bond donors (Lipinski definition) is 1. The van der Waals surface area contributed by atoms with Crippen molar-refractivity contribution in [3.05, 3.63) is 89.5 Å². The summed E-state index contributed by atoms with van der Waals surface area (Å²) >= 11 is 0. The third kappa shape index (κ3) is 4.30. The van der Waals surface area contributed by atoms with Gasteiger partial charge < -0.3 is 10.1 Å². The van der Waals surface area contributed by atoms with Crippen LogP contribution in [0, 0.1) is 19.7 Å². The molecule has 31 heavy (non-hydrogen) atoms. The van der Waals surface area contributed by atoms with Crippen LogP contribution in [0.4, 0.5) is 10.1 Å². The fourth-order valence-corrected chi connectivity index (χ4v) is 3.31. The SMILES string of the molecule is Cc1ccc(NC(=O)COC(=O)c2ccc3c(c2)nc(C)n3-c2ccccc2)cc1F. The number of aryl methyl sites for hydroxylation is 2. The lowest BCUT2D eigenvalue weighted by molar-refractivity contribution is -0.119. The molecule has 0 aliphatic rings. The Labute approximate surface area is 178 Å². The lowest BCUT2D eigenvalue weighted by Crippen LogP contribution is -2.21. The van der Waals surface area contributed by atoms with Crippen molar-refractivity contribution in [3.8, 4) is 5.69 Å². The third-order valence-electron chi connectivity index (χ3n) is 4.86. The van der Waals surface area contributed by atoms with Gasteiger partial charge in [0.15, 0.2) is 6.61 Å². The molecule has 4 aromatic rings. The number of aromatic nitrogens is 2. The molecule has 1 aromatic heterocycles. The molecule has 3 aromatic carbocycles. The lowest BCUT2D eigenvalue weighted by Gasteiger charge is -2.08. The number of carbonyl (C=O) groups is 2. The Hall–Kier alpha value is -4.00. The molecule has 0 aliphatic heterocycles. The van der Waals surface area contributed by atoms with Gasteiger partial charge in [-0.1, -0.05) is 24.3 Å². The van der Waals surface area contributed by atoms with Crippen LogP contribution >= 0.6 is 0 Å². The second kappa shape index (κ2) is 8.39. The Kier molecular flexibility index (Phi) is 5.49. The molecule has 0 radical (unpaired) electrons. The number of halogens is 1. The molecule has 1 N–H and O–H groups in total. The Balaban J connectivity index is 1.45. The van der Waals surface area contributed by atoms with Gasteiger partial charge in [-0.05, 0) is 61.9 Å². The molecule has 0 aliphatic carbocycles. The Bertz CT molecular complexity index is 1280. The van der Waals surface area contributed by atoms with E-state index in [1.165, 1.54) is 6.07 Å². The van der Waals surface area contributed by atoms with Gasteiger partial charge in [-0.15, -0.1) is 0 Å². The van der Waals surface area contributed by atoms with Crippen LogP contribution in [0.2, 0.25) is 0 Å². The van der Waals surface area contributed by atoms with Gasteiger partial charge in [-0.25, -0.2) is 14.2 Å². The fraction of sp³-hybridized carbons (Fsp3) is 0.125. The molecule has 0 saturated heterocycles. The van der Waals surface area contributed by atoms with Crippen molar-refractivity contribution in [1.29, 1.82) is 0 Å². The van der Waals surface area contributed by atoms with Crippen LogP contribution in [-0.4, -0.2) is 28.0 Å². The minimum Gasteiger partial charge on any atom is -0.452 e. The first-order chi connectivity index (χ1) is 14.9. The summed E-state index contributed by atoms with van der Waals surface area (Å²) in [5.74, 6) is -0.828. The predicted molar refractivity (Wildman–Crippen MR) is 116 cm³/mol. The number of nitrogens with one attached hydrogen (secondary N) is 1. The molecule has 4 rings (SSSR count). The highest BCUT2D eigenvalue weighted by molar-refractivity contribution is 5.97. The van der Waals surface area contributed by atoms with Crippen molar-refractivity contribution < 1.29 is 18.7 Å². The molecular formula is C24H20FN3O3. The third-order valence-corrected chi connectivity index (χ3v) is 4.86. The van der Waals surface area contributed by atoms with E-state index in [1.807, 2.05) is 41.8 Å². The van der Waals surface area contributed by atoms with E-state index < -0.39 is 24.3 Å². The number of amides is 1. The first-order valence-electron chi connectivity index (χ1n) is 9.70. The van der Waals surface area contributed by atoms with E-state index in [9.17, 15) is 14.0 Å². The molecule has 0 bridgehead atoms. The maximum Gasteiger partial charge on any atom is 0.338 e. The van der Waals surface area contributed by atoms with Gasteiger partial charge in [0, 0.05) is 11.4 Å². The number of fused-ring (bicyclic) bond motifs is 1. The van der Waals surface area contributed by atoms with Crippen LogP contribution in [0.3, 0.4) is 0 Å². The number of anilines is 1. The number of imidazole rings is 1. The minimum atomic E-state index is -0.640. The summed E-state index contributed by atoms with van der Waals surface area (Å²) in [6.07, 6.45) is 0.